The minimum atomic E-state index is 0.393. The molecule has 126 valence electrons. The van der Waals surface area contributed by atoms with E-state index in [1.807, 2.05) is 6.20 Å². The molecule has 1 aliphatic rings. The van der Waals surface area contributed by atoms with Crippen LogP contribution in [0.5, 0.6) is 0 Å². The van der Waals surface area contributed by atoms with E-state index in [2.05, 4.69) is 56.0 Å². The molecule has 5 rings (SSSR count). The lowest BCUT2D eigenvalue weighted by Crippen LogP contribution is -2.35. The standard InChI is InChI=1S/C19H20N6/c1-12-4-2-6-15-16(12)24-17(23-15)13-5-3-9-25(10-13)19-14-7-8-20-18(14)21-11-22-19/h2,4,6-8,11,13H,3,5,9-10H2,1H3,(H,23,24)(H,20,21,22)/t13-/m1/s1. The molecular weight excluding hydrogens is 312 g/mol. The number of H-pyrrole nitrogens is 2. The number of para-hydroxylation sites is 1. The summed E-state index contributed by atoms with van der Waals surface area (Å²) in [7, 11) is 0. The predicted molar refractivity (Wildman–Crippen MR) is 98.9 cm³/mol. The largest absolute Gasteiger partial charge is 0.355 e. The molecular formula is C19H20N6. The van der Waals surface area contributed by atoms with Gasteiger partial charge in [0.2, 0.25) is 0 Å². The van der Waals surface area contributed by atoms with Crippen molar-refractivity contribution in [3.63, 3.8) is 0 Å². The van der Waals surface area contributed by atoms with Gasteiger partial charge >= 0.3 is 0 Å². The number of aromatic amines is 2. The molecule has 1 atom stereocenters. The molecule has 0 unspecified atom stereocenters. The Hall–Kier alpha value is -2.89. The molecule has 1 saturated heterocycles. The Balaban J connectivity index is 1.49. The van der Waals surface area contributed by atoms with Crippen LogP contribution in [0.3, 0.4) is 0 Å². The van der Waals surface area contributed by atoms with Crippen molar-refractivity contribution in [1.29, 1.82) is 0 Å². The first-order valence-corrected chi connectivity index (χ1v) is 8.78. The van der Waals surface area contributed by atoms with Gasteiger partial charge in [-0.2, -0.15) is 0 Å². The van der Waals surface area contributed by atoms with Gasteiger partial charge in [0.1, 0.15) is 23.6 Å². The number of aryl methyl sites for hydroxylation is 1. The molecule has 6 nitrogen and oxygen atoms in total. The monoisotopic (exact) mass is 332 g/mol. The number of benzene rings is 1. The maximum Gasteiger partial charge on any atom is 0.142 e. The first-order valence-electron chi connectivity index (χ1n) is 8.78. The summed E-state index contributed by atoms with van der Waals surface area (Å²) >= 11 is 0. The van der Waals surface area contributed by atoms with Crippen LogP contribution in [-0.2, 0) is 0 Å². The maximum atomic E-state index is 4.90. The Kier molecular flexibility index (Phi) is 3.23. The number of nitrogens with zero attached hydrogens (tertiary/aromatic N) is 4. The molecule has 0 radical (unpaired) electrons. The van der Waals surface area contributed by atoms with Gasteiger partial charge in [-0.15, -0.1) is 0 Å². The van der Waals surface area contributed by atoms with Crippen LogP contribution in [0.25, 0.3) is 22.1 Å². The fraction of sp³-hybridized carbons (Fsp3) is 0.316. The molecule has 0 spiro atoms. The summed E-state index contributed by atoms with van der Waals surface area (Å²) in [6.45, 7) is 4.06. The second kappa shape index (κ2) is 5.58. The highest BCUT2D eigenvalue weighted by atomic mass is 15.2. The van der Waals surface area contributed by atoms with Gasteiger partial charge in [-0.05, 0) is 37.5 Å². The molecule has 0 saturated carbocycles. The van der Waals surface area contributed by atoms with Crippen molar-refractivity contribution in [1.82, 2.24) is 24.9 Å². The Morgan fingerprint density at radius 1 is 1.20 bits per heavy atom. The van der Waals surface area contributed by atoms with E-state index in [9.17, 15) is 0 Å². The van der Waals surface area contributed by atoms with Crippen molar-refractivity contribution >= 4 is 27.9 Å². The highest BCUT2D eigenvalue weighted by molar-refractivity contribution is 5.87. The van der Waals surface area contributed by atoms with Crippen LogP contribution in [0.1, 0.15) is 30.1 Å². The molecule has 1 aliphatic heterocycles. The number of imidazole rings is 1. The molecule has 1 aromatic carbocycles. The molecule has 4 heterocycles. The van der Waals surface area contributed by atoms with Crippen molar-refractivity contribution in [2.75, 3.05) is 18.0 Å². The van der Waals surface area contributed by atoms with Crippen LogP contribution in [0, 0.1) is 6.92 Å². The number of aromatic nitrogens is 5. The van der Waals surface area contributed by atoms with Crippen molar-refractivity contribution in [2.45, 2.75) is 25.7 Å². The van der Waals surface area contributed by atoms with Crippen LogP contribution in [0.15, 0.2) is 36.8 Å². The van der Waals surface area contributed by atoms with E-state index < -0.39 is 0 Å². The summed E-state index contributed by atoms with van der Waals surface area (Å²) in [4.78, 5) is 22.8. The van der Waals surface area contributed by atoms with Crippen LogP contribution >= 0.6 is 0 Å². The van der Waals surface area contributed by atoms with Gasteiger partial charge in [-0.1, -0.05) is 12.1 Å². The molecule has 0 aliphatic carbocycles. The van der Waals surface area contributed by atoms with E-state index in [4.69, 9.17) is 4.98 Å². The molecule has 3 aromatic heterocycles. The molecule has 0 bridgehead atoms. The quantitative estimate of drug-likeness (QED) is 0.589. The highest BCUT2D eigenvalue weighted by Crippen LogP contribution is 2.31. The minimum absolute atomic E-state index is 0.393. The molecule has 25 heavy (non-hydrogen) atoms. The zero-order valence-electron chi connectivity index (χ0n) is 14.2. The molecule has 0 amide bonds. The van der Waals surface area contributed by atoms with E-state index in [1.165, 1.54) is 5.56 Å². The van der Waals surface area contributed by atoms with E-state index >= 15 is 0 Å². The minimum Gasteiger partial charge on any atom is -0.355 e. The number of rotatable bonds is 2. The van der Waals surface area contributed by atoms with Crippen LogP contribution in [0.2, 0.25) is 0 Å². The lowest BCUT2D eigenvalue weighted by Gasteiger charge is -2.32. The molecule has 4 aromatic rings. The topological polar surface area (TPSA) is 73.5 Å². The summed E-state index contributed by atoms with van der Waals surface area (Å²) in [6, 6.07) is 8.35. The zero-order chi connectivity index (χ0) is 16.8. The Bertz CT molecular complexity index is 1050. The summed E-state index contributed by atoms with van der Waals surface area (Å²) in [5.41, 5.74) is 4.33. The highest BCUT2D eigenvalue weighted by Gasteiger charge is 2.26. The summed E-state index contributed by atoms with van der Waals surface area (Å²) in [5.74, 6) is 2.50. The van der Waals surface area contributed by atoms with E-state index in [0.29, 0.717) is 5.92 Å². The summed E-state index contributed by atoms with van der Waals surface area (Å²) in [5, 5.41) is 1.09. The summed E-state index contributed by atoms with van der Waals surface area (Å²) < 4.78 is 0. The Morgan fingerprint density at radius 2 is 2.16 bits per heavy atom. The molecule has 1 fully saturated rings. The van der Waals surface area contributed by atoms with Crippen molar-refractivity contribution < 1.29 is 0 Å². The third-order valence-electron chi connectivity index (χ3n) is 5.17. The number of hydrogen-bond donors (Lipinski definition) is 2. The SMILES string of the molecule is Cc1cccc2[nH]c([C@@H]3CCCN(c4ncnc5[nH]ccc45)C3)nc12. The van der Waals surface area contributed by atoms with Gasteiger partial charge in [-0.25, -0.2) is 15.0 Å². The normalized spacial score (nSPS) is 18.3. The first kappa shape index (κ1) is 14.5. The van der Waals surface area contributed by atoms with Crippen LogP contribution in [0.4, 0.5) is 5.82 Å². The van der Waals surface area contributed by atoms with Gasteiger partial charge in [0.05, 0.1) is 16.4 Å². The number of nitrogens with one attached hydrogen (secondary N) is 2. The van der Waals surface area contributed by atoms with Gasteiger partial charge in [-0.3, -0.25) is 0 Å². The fourth-order valence-electron chi connectivity index (χ4n) is 3.89. The van der Waals surface area contributed by atoms with Crippen LogP contribution in [-0.4, -0.2) is 38.0 Å². The number of fused-ring (bicyclic) bond motifs is 2. The first-order chi connectivity index (χ1) is 12.3. The number of hydrogen-bond acceptors (Lipinski definition) is 4. The van der Waals surface area contributed by atoms with Crippen molar-refractivity contribution in [2.24, 2.45) is 0 Å². The lowest BCUT2D eigenvalue weighted by atomic mass is 9.97. The predicted octanol–water partition coefficient (Wildman–Crippen LogP) is 3.53. The van der Waals surface area contributed by atoms with E-state index in [-0.39, 0.29) is 0 Å². The second-order valence-corrected chi connectivity index (χ2v) is 6.82. The fourth-order valence-corrected chi connectivity index (χ4v) is 3.89. The lowest BCUT2D eigenvalue weighted by molar-refractivity contribution is 0.493. The average molecular weight is 332 g/mol. The number of anilines is 1. The van der Waals surface area contributed by atoms with Gasteiger partial charge in [0, 0.05) is 25.2 Å². The van der Waals surface area contributed by atoms with Crippen LogP contribution < -0.4 is 4.90 Å². The third kappa shape index (κ3) is 2.36. The zero-order valence-corrected chi connectivity index (χ0v) is 14.2. The van der Waals surface area contributed by atoms with Crippen molar-refractivity contribution in [3.8, 4) is 0 Å². The molecule has 2 N–H and O–H groups in total. The Labute approximate surface area is 145 Å². The number of piperidine rings is 1. The average Bonchev–Trinajstić information content (AvgIpc) is 3.29. The summed E-state index contributed by atoms with van der Waals surface area (Å²) in [6.07, 6.45) is 5.85. The van der Waals surface area contributed by atoms with Gasteiger partial charge in [0.15, 0.2) is 0 Å². The maximum absolute atomic E-state index is 4.90. The second-order valence-electron chi connectivity index (χ2n) is 6.82. The van der Waals surface area contributed by atoms with Gasteiger partial charge in [0.25, 0.3) is 0 Å². The van der Waals surface area contributed by atoms with E-state index in [0.717, 1.165) is 59.6 Å². The Morgan fingerprint density at radius 3 is 3.08 bits per heavy atom. The van der Waals surface area contributed by atoms with Gasteiger partial charge < -0.3 is 14.9 Å². The third-order valence-corrected chi connectivity index (χ3v) is 5.17. The molecule has 6 heteroatoms. The van der Waals surface area contributed by atoms with Crippen molar-refractivity contribution in [3.05, 3.63) is 48.2 Å². The van der Waals surface area contributed by atoms with E-state index in [1.54, 1.807) is 6.33 Å². The smallest absolute Gasteiger partial charge is 0.142 e.